The van der Waals surface area contributed by atoms with Crippen molar-refractivity contribution in [3.63, 3.8) is 0 Å². The molecule has 1 unspecified atom stereocenters. The Morgan fingerprint density at radius 3 is 2.78 bits per heavy atom. The van der Waals surface area contributed by atoms with Crippen LogP contribution < -0.4 is 0 Å². The minimum absolute atomic E-state index is 0.0699. The van der Waals surface area contributed by atoms with Gasteiger partial charge in [0.15, 0.2) is 5.60 Å². The lowest BCUT2D eigenvalue weighted by atomic mass is 9.95. The average Bonchev–Trinajstić information content (AvgIpc) is 2.79. The molecular weight excluding hydrogens is 294 g/mol. The van der Waals surface area contributed by atoms with E-state index < -0.39 is 11.6 Å². The highest BCUT2D eigenvalue weighted by Gasteiger charge is 2.41. The first-order valence-corrected chi connectivity index (χ1v) is 8.29. The van der Waals surface area contributed by atoms with E-state index in [9.17, 15) is 14.7 Å². The topological polar surface area (TPSA) is 66.8 Å². The number of nitrogens with zero attached hydrogens (tertiary/aromatic N) is 1. The third-order valence-corrected chi connectivity index (χ3v) is 4.89. The van der Waals surface area contributed by atoms with Gasteiger partial charge in [-0.15, -0.1) is 0 Å². The van der Waals surface area contributed by atoms with E-state index in [2.05, 4.69) is 6.07 Å². The molecule has 0 saturated carbocycles. The van der Waals surface area contributed by atoms with Crippen molar-refractivity contribution < 1.29 is 19.4 Å². The van der Waals surface area contributed by atoms with E-state index in [0.717, 1.165) is 30.4 Å². The zero-order valence-corrected chi connectivity index (χ0v) is 13.5. The lowest BCUT2D eigenvalue weighted by Gasteiger charge is -2.37. The number of carbonyl (C=O) groups excluding carboxylic acids is 1. The van der Waals surface area contributed by atoms with Crippen molar-refractivity contribution in [1.29, 1.82) is 0 Å². The van der Waals surface area contributed by atoms with Crippen LogP contribution in [0.5, 0.6) is 0 Å². The summed E-state index contributed by atoms with van der Waals surface area (Å²) in [5.41, 5.74) is 1.83. The number of morpholine rings is 1. The van der Waals surface area contributed by atoms with Crippen LogP contribution in [0.3, 0.4) is 0 Å². The second kappa shape index (κ2) is 6.32. The standard InChI is InChI=1S/C18H23NO4/c1-18(17(21)22)12-19(10-11-23-18)16(20)15-9-5-7-13-6-3-2-4-8-14(13)15/h5,7,9H,2-4,6,8,10-12H2,1H3,(H,21,22). The molecule has 23 heavy (non-hydrogen) atoms. The number of rotatable bonds is 2. The zero-order chi connectivity index (χ0) is 16.4. The number of aryl methyl sites for hydroxylation is 1. The first kappa shape index (κ1) is 16.0. The van der Waals surface area contributed by atoms with Gasteiger partial charge in [0.1, 0.15) is 0 Å². The van der Waals surface area contributed by atoms with E-state index in [1.807, 2.05) is 12.1 Å². The van der Waals surface area contributed by atoms with Crippen LogP contribution in [0.15, 0.2) is 18.2 Å². The van der Waals surface area contributed by atoms with Gasteiger partial charge in [-0.05, 0) is 49.8 Å². The molecule has 0 spiro atoms. The SMILES string of the molecule is CC1(C(=O)O)CN(C(=O)c2cccc3c2CCCCC3)CCO1. The van der Waals surface area contributed by atoms with Gasteiger partial charge in [0.25, 0.3) is 5.91 Å². The monoisotopic (exact) mass is 317 g/mol. The molecule has 5 heteroatoms. The first-order chi connectivity index (χ1) is 11.0. The van der Waals surface area contributed by atoms with Crippen molar-refractivity contribution >= 4 is 11.9 Å². The maximum atomic E-state index is 13.0. The molecule has 2 aliphatic rings. The number of hydrogen-bond donors (Lipinski definition) is 1. The Labute approximate surface area is 136 Å². The van der Waals surface area contributed by atoms with Crippen molar-refractivity contribution in [3.8, 4) is 0 Å². The van der Waals surface area contributed by atoms with Gasteiger partial charge in [-0.2, -0.15) is 0 Å². The summed E-state index contributed by atoms with van der Waals surface area (Å²) < 4.78 is 5.38. The van der Waals surface area contributed by atoms with Crippen LogP contribution in [0.1, 0.15) is 47.7 Å². The number of ether oxygens (including phenoxy) is 1. The summed E-state index contributed by atoms with van der Waals surface area (Å²) >= 11 is 0. The Bertz CT molecular complexity index is 627. The Morgan fingerprint density at radius 1 is 1.22 bits per heavy atom. The summed E-state index contributed by atoms with van der Waals surface area (Å²) in [5.74, 6) is -1.10. The van der Waals surface area contributed by atoms with Crippen LogP contribution >= 0.6 is 0 Å². The molecule has 1 aliphatic carbocycles. The number of carboxylic acids is 1. The van der Waals surface area contributed by atoms with Gasteiger partial charge in [-0.3, -0.25) is 4.79 Å². The predicted octanol–water partition coefficient (Wildman–Crippen LogP) is 2.27. The first-order valence-electron chi connectivity index (χ1n) is 8.29. The number of carbonyl (C=O) groups is 2. The van der Waals surface area contributed by atoms with Crippen molar-refractivity contribution in [2.24, 2.45) is 0 Å². The number of benzene rings is 1. The van der Waals surface area contributed by atoms with Gasteiger partial charge in [0, 0.05) is 12.1 Å². The quantitative estimate of drug-likeness (QED) is 0.850. The second-order valence-electron chi connectivity index (χ2n) is 6.62. The fourth-order valence-corrected chi connectivity index (χ4v) is 3.50. The Kier molecular flexibility index (Phi) is 4.39. The van der Waals surface area contributed by atoms with E-state index in [-0.39, 0.29) is 19.1 Å². The lowest BCUT2D eigenvalue weighted by Crippen LogP contribution is -2.56. The van der Waals surface area contributed by atoms with Crippen LogP contribution in [-0.4, -0.2) is 47.2 Å². The van der Waals surface area contributed by atoms with Gasteiger partial charge >= 0.3 is 5.97 Å². The second-order valence-corrected chi connectivity index (χ2v) is 6.62. The predicted molar refractivity (Wildman–Crippen MR) is 85.6 cm³/mol. The number of hydrogen-bond acceptors (Lipinski definition) is 3. The molecule has 1 amide bonds. The smallest absolute Gasteiger partial charge is 0.337 e. The summed E-state index contributed by atoms with van der Waals surface area (Å²) in [4.78, 5) is 26.0. The summed E-state index contributed by atoms with van der Waals surface area (Å²) in [7, 11) is 0. The molecule has 0 aromatic heterocycles. The molecule has 1 N–H and O–H groups in total. The molecule has 1 fully saturated rings. The molecule has 1 aliphatic heterocycles. The molecule has 124 valence electrons. The number of carboxylic acid groups (broad SMARTS) is 1. The Morgan fingerprint density at radius 2 is 2.00 bits per heavy atom. The molecule has 0 bridgehead atoms. The van der Waals surface area contributed by atoms with E-state index in [4.69, 9.17) is 4.74 Å². The molecule has 3 rings (SSSR count). The highest BCUT2D eigenvalue weighted by Crippen LogP contribution is 2.26. The molecule has 0 radical (unpaired) electrons. The minimum Gasteiger partial charge on any atom is -0.479 e. The fraction of sp³-hybridized carbons (Fsp3) is 0.556. The van der Waals surface area contributed by atoms with Crippen molar-refractivity contribution in [1.82, 2.24) is 4.90 Å². The van der Waals surface area contributed by atoms with Crippen molar-refractivity contribution in [2.75, 3.05) is 19.7 Å². The molecule has 1 aromatic rings. The number of fused-ring (bicyclic) bond motifs is 1. The summed E-state index contributed by atoms with van der Waals surface area (Å²) in [6, 6.07) is 5.92. The lowest BCUT2D eigenvalue weighted by molar-refractivity contribution is -0.171. The van der Waals surface area contributed by atoms with Crippen LogP contribution in [0.2, 0.25) is 0 Å². The van der Waals surface area contributed by atoms with Gasteiger partial charge in [0.05, 0.1) is 13.2 Å². The third-order valence-electron chi connectivity index (χ3n) is 4.89. The van der Waals surface area contributed by atoms with Crippen LogP contribution in [-0.2, 0) is 22.4 Å². The van der Waals surface area contributed by atoms with Gasteiger partial charge in [0.2, 0.25) is 0 Å². The highest BCUT2D eigenvalue weighted by molar-refractivity contribution is 5.96. The van der Waals surface area contributed by atoms with Gasteiger partial charge in [-0.25, -0.2) is 4.79 Å². The van der Waals surface area contributed by atoms with Gasteiger partial charge in [-0.1, -0.05) is 18.6 Å². The fourth-order valence-electron chi connectivity index (χ4n) is 3.50. The normalized spacial score (nSPS) is 24.7. The maximum Gasteiger partial charge on any atom is 0.337 e. The van der Waals surface area contributed by atoms with E-state index in [1.54, 1.807) is 4.90 Å². The highest BCUT2D eigenvalue weighted by atomic mass is 16.5. The van der Waals surface area contributed by atoms with Crippen LogP contribution in [0.4, 0.5) is 0 Å². The Hall–Kier alpha value is -1.88. The largest absolute Gasteiger partial charge is 0.479 e. The average molecular weight is 317 g/mol. The van der Waals surface area contributed by atoms with E-state index >= 15 is 0 Å². The maximum absolute atomic E-state index is 13.0. The van der Waals surface area contributed by atoms with E-state index in [0.29, 0.717) is 6.54 Å². The molecule has 5 nitrogen and oxygen atoms in total. The molecular formula is C18H23NO4. The summed E-state index contributed by atoms with van der Waals surface area (Å²) in [5, 5.41) is 9.33. The summed E-state index contributed by atoms with van der Waals surface area (Å²) in [6.45, 7) is 2.31. The van der Waals surface area contributed by atoms with Crippen molar-refractivity contribution in [3.05, 3.63) is 34.9 Å². The minimum atomic E-state index is -1.32. The third kappa shape index (κ3) is 3.11. The van der Waals surface area contributed by atoms with Crippen LogP contribution in [0.25, 0.3) is 0 Å². The van der Waals surface area contributed by atoms with E-state index in [1.165, 1.54) is 25.3 Å². The summed E-state index contributed by atoms with van der Waals surface area (Å²) in [6.07, 6.45) is 5.41. The zero-order valence-electron chi connectivity index (χ0n) is 13.5. The Balaban J connectivity index is 1.87. The van der Waals surface area contributed by atoms with Crippen LogP contribution in [0, 0.1) is 0 Å². The van der Waals surface area contributed by atoms with Gasteiger partial charge < -0.3 is 14.7 Å². The molecule has 1 atom stereocenters. The molecule has 1 saturated heterocycles. The van der Waals surface area contributed by atoms with Crippen molar-refractivity contribution in [2.45, 2.75) is 44.6 Å². The molecule has 1 aromatic carbocycles. The number of aliphatic carboxylic acids is 1. The molecule has 1 heterocycles. The number of amides is 1.